The number of aromatic nitrogens is 2. The number of fused-ring (bicyclic) bond motifs is 1. The van der Waals surface area contributed by atoms with Crippen LogP contribution in [-0.2, 0) is 11.4 Å². The number of halogens is 1. The third kappa shape index (κ3) is 3.82. The fourth-order valence-corrected chi connectivity index (χ4v) is 3.49. The molecule has 1 saturated heterocycles. The molecular formula is C19H18BrN5O3. The van der Waals surface area contributed by atoms with E-state index in [0.717, 1.165) is 23.1 Å². The topological polar surface area (TPSA) is 92.3 Å². The molecule has 28 heavy (non-hydrogen) atoms. The Morgan fingerprint density at radius 1 is 1.21 bits per heavy atom. The number of hydrogen-bond acceptors (Lipinski definition) is 6. The van der Waals surface area contributed by atoms with Gasteiger partial charge >= 0.3 is 0 Å². The van der Waals surface area contributed by atoms with Crippen molar-refractivity contribution in [2.45, 2.75) is 6.67 Å². The van der Waals surface area contributed by atoms with Gasteiger partial charge in [0.15, 0.2) is 5.69 Å². The Kier molecular flexibility index (Phi) is 5.47. The van der Waals surface area contributed by atoms with Crippen LogP contribution in [0.25, 0.3) is 10.9 Å². The van der Waals surface area contributed by atoms with E-state index in [0.29, 0.717) is 30.8 Å². The molecule has 1 aliphatic heterocycles. The Balaban J connectivity index is 1.71. The Morgan fingerprint density at radius 2 is 1.96 bits per heavy atom. The molecule has 144 valence electrons. The van der Waals surface area contributed by atoms with E-state index in [1.807, 2.05) is 18.2 Å². The fraction of sp³-hybridized carbons (Fsp3) is 0.263. The van der Waals surface area contributed by atoms with Crippen LogP contribution in [-0.4, -0.2) is 51.8 Å². The summed E-state index contributed by atoms with van der Waals surface area (Å²) in [6, 6.07) is 8.80. The normalized spacial score (nSPS) is 15.5. The third-order valence-corrected chi connectivity index (χ3v) is 5.08. The van der Waals surface area contributed by atoms with Crippen molar-refractivity contribution in [2.24, 2.45) is 10.2 Å². The molecule has 8 nitrogen and oxygen atoms in total. The van der Waals surface area contributed by atoms with Crippen molar-refractivity contribution < 1.29 is 14.6 Å². The number of morpholine rings is 1. The van der Waals surface area contributed by atoms with E-state index in [4.69, 9.17) is 4.74 Å². The zero-order valence-electron chi connectivity index (χ0n) is 15.0. The number of ether oxygens (including phenoxy) is 1. The molecule has 1 aliphatic rings. The van der Waals surface area contributed by atoms with Gasteiger partial charge in [0.2, 0.25) is 5.88 Å². The number of hydrogen-bond donors (Lipinski definition) is 1. The Morgan fingerprint density at radius 3 is 2.71 bits per heavy atom. The van der Waals surface area contributed by atoms with Crippen molar-refractivity contribution >= 4 is 38.4 Å². The highest BCUT2D eigenvalue weighted by molar-refractivity contribution is 9.10. The second-order valence-electron chi connectivity index (χ2n) is 6.37. The number of azo groups is 1. The minimum Gasteiger partial charge on any atom is -0.493 e. The van der Waals surface area contributed by atoms with Gasteiger partial charge in [-0.2, -0.15) is 0 Å². The van der Waals surface area contributed by atoms with Gasteiger partial charge in [0.25, 0.3) is 5.91 Å². The largest absolute Gasteiger partial charge is 0.493 e. The summed E-state index contributed by atoms with van der Waals surface area (Å²) in [7, 11) is 0. The number of carbonyl (C=O) groups excluding carboxylic acids is 1. The first kappa shape index (κ1) is 18.7. The lowest BCUT2D eigenvalue weighted by molar-refractivity contribution is 0.0231. The number of carbonyl (C=O) groups is 1. The molecule has 1 N–H and O–H groups in total. The molecule has 1 fully saturated rings. The van der Waals surface area contributed by atoms with Crippen molar-refractivity contribution in [3.8, 4) is 5.88 Å². The number of benzene rings is 1. The number of rotatable bonds is 4. The first-order valence-corrected chi connectivity index (χ1v) is 9.59. The van der Waals surface area contributed by atoms with Crippen LogP contribution < -0.4 is 0 Å². The van der Waals surface area contributed by atoms with Crippen LogP contribution in [0.3, 0.4) is 0 Å². The summed E-state index contributed by atoms with van der Waals surface area (Å²) in [5.74, 6) is -0.517. The van der Waals surface area contributed by atoms with E-state index >= 15 is 0 Å². The monoisotopic (exact) mass is 443 g/mol. The van der Waals surface area contributed by atoms with E-state index in [1.54, 1.807) is 16.7 Å². The highest BCUT2D eigenvalue weighted by Crippen LogP contribution is 2.40. The average molecular weight is 444 g/mol. The zero-order valence-corrected chi connectivity index (χ0v) is 16.5. The fourth-order valence-electron chi connectivity index (χ4n) is 3.13. The van der Waals surface area contributed by atoms with E-state index in [1.165, 1.54) is 12.4 Å². The SMILES string of the molecule is O=C(N=Nc1c(O)n(CN2CCOCC2)c2ccc(Br)cc12)c1ccncc1. The minimum absolute atomic E-state index is 0.0223. The van der Waals surface area contributed by atoms with Gasteiger partial charge < -0.3 is 9.84 Å². The van der Waals surface area contributed by atoms with Crippen molar-refractivity contribution in [1.82, 2.24) is 14.5 Å². The number of aromatic hydroxyl groups is 1. The molecule has 2 aromatic heterocycles. The molecule has 0 unspecified atom stereocenters. The van der Waals surface area contributed by atoms with Gasteiger partial charge in [-0.1, -0.05) is 15.9 Å². The quantitative estimate of drug-likeness (QED) is 0.620. The summed E-state index contributed by atoms with van der Waals surface area (Å²) in [5, 5.41) is 19.4. The summed E-state index contributed by atoms with van der Waals surface area (Å²) in [6.45, 7) is 3.40. The maximum atomic E-state index is 12.2. The van der Waals surface area contributed by atoms with Gasteiger partial charge in [-0.3, -0.25) is 19.2 Å². The second-order valence-corrected chi connectivity index (χ2v) is 7.29. The predicted molar refractivity (Wildman–Crippen MR) is 107 cm³/mol. The highest BCUT2D eigenvalue weighted by atomic mass is 79.9. The first-order chi connectivity index (χ1) is 13.6. The lowest BCUT2D eigenvalue weighted by atomic mass is 10.2. The molecule has 3 aromatic rings. The van der Waals surface area contributed by atoms with Crippen LogP contribution in [0, 0.1) is 0 Å². The van der Waals surface area contributed by atoms with Crippen LogP contribution >= 0.6 is 15.9 Å². The van der Waals surface area contributed by atoms with Crippen LogP contribution in [0.15, 0.2) is 57.4 Å². The van der Waals surface area contributed by atoms with Gasteiger partial charge in [-0.05, 0) is 30.3 Å². The molecule has 0 bridgehead atoms. The highest BCUT2D eigenvalue weighted by Gasteiger charge is 2.20. The van der Waals surface area contributed by atoms with E-state index < -0.39 is 5.91 Å². The van der Waals surface area contributed by atoms with E-state index in [2.05, 4.69) is 36.0 Å². The summed E-state index contributed by atoms with van der Waals surface area (Å²) in [6.07, 6.45) is 3.04. The summed E-state index contributed by atoms with van der Waals surface area (Å²) < 4.78 is 8.01. The molecule has 1 amide bonds. The van der Waals surface area contributed by atoms with Crippen LogP contribution in [0.2, 0.25) is 0 Å². The van der Waals surface area contributed by atoms with Crippen molar-refractivity contribution in [3.05, 3.63) is 52.8 Å². The van der Waals surface area contributed by atoms with E-state index in [9.17, 15) is 9.90 Å². The lowest BCUT2D eigenvalue weighted by Gasteiger charge is -2.27. The predicted octanol–water partition coefficient (Wildman–Crippen LogP) is 3.72. The van der Waals surface area contributed by atoms with Crippen molar-refractivity contribution in [1.29, 1.82) is 0 Å². The standard InChI is InChI=1S/C19H18BrN5O3/c20-14-1-2-16-15(11-14)17(22-23-18(26)13-3-5-21-6-4-13)19(27)25(16)12-24-7-9-28-10-8-24/h1-6,11,27H,7-10,12H2. The van der Waals surface area contributed by atoms with Gasteiger partial charge in [0, 0.05) is 40.9 Å². The van der Waals surface area contributed by atoms with Crippen molar-refractivity contribution in [3.63, 3.8) is 0 Å². The summed E-state index contributed by atoms with van der Waals surface area (Å²) in [5.41, 5.74) is 1.47. The number of nitrogens with zero attached hydrogens (tertiary/aromatic N) is 5. The van der Waals surface area contributed by atoms with E-state index in [-0.39, 0.29) is 11.6 Å². The molecule has 1 aromatic carbocycles. The molecule has 0 radical (unpaired) electrons. The van der Waals surface area contributed by atoms with Crippen LogP contribution in [0.1, 0.15) is 10.4 Å². The Bertz CT molecular complexity index is 1030. The van der Waals surface area contributed by atoms with Gasteiger partial charge in [-0.25, -0.2) is 0 Å². The molecule has 3 heterocycles. The molecular weight excluding hydrogens is 426 g/mol. The molecule has 4 rings (SSSR count). The second kappa shape index (κ2) is 8.17. The molecule has 9 heteroatoms. The number of amides is 1. The average Bonchev–Trinajstić information content (AvgIpc) is 2.98. The molecule has 0 spiro atoms. The summed E-state index contributed by atoms with van der Waals surface area (Å²) in [4.78, 5) is 18.3. The molecule has 0 atom stereocenters. The maximum absolute atomic E-state index is 12.2. The Labute approximate surface area is 169 Å². The third-order valence-electron chi connectivity index (χ3n) is 4.59. The first-order valence-electron chi connectivity index (χ1n) is 8.80. The Hall–Kier alpha value is -2.62. The maximum Gasteiger partial charge on any atom is 0.295 e. The van der Waals surface area contributed by atoms with Crippen LogP contribution in [0.5, 0.6) is 5.88 Å². The summed E-state index contributed by atoms with van der Waals surface area (Å²) >= 11 is 3.45. The van der Waals surface area contributed by atoms with Crippen LogP contribution in [0.4, 0.5) is 5.69 Å². The molecule has 0 saturated carbocycles. The number of pyridine rings is 1. The minimum atomic E-state index is -0.495. The smallest absolute Gasteiger partial charge is 0.295 e. The molecule has 0 aliphatic carbocycles. The zero-order chi connectivity index (χ0) is 19.5. The van der Waals surface area contributed by atoms with Gasteiger partial charge in [0.05, 0.1) is 25.4 Å². The van der Waals surface area contributed by atoms with Crippen molar-refractivity contribution in [2.75, 3.05) is 26.3 Å². The lowest BCUT2D eigenvalue weighted by Crippen LogP contribution is -2.37. The van der Waals surface area contributed by atoms with Gasteiger partial charge in [-0.15, -0.1) is 10.2 Å². The van der Waals surface area contributed by atoms with Gasteiger partial charge in [0.1, 0.15) is 0 Å².